The fraction of sp³-hybridized carbons (Fsp3) is 0.559. The lowest BCUT2D eigenvalue weighted by Crippen LogP contribution is -1.98. The summed E-state index contributed by atoms with van der Waals surface area (Å²) in [5.74, 6) is 0.356. The quantitative estimate of drug-likeness (QED) is 0.0577. The van der Waals surface area contributed by atoms with E-state index >= 15 is 0 Å². The van der Waals surface area contributed by atoms with Gasteiger partial charge in [0, 0.05) is 11.1 Å². The molecule has 4 heteroatoms. The predicted molar refractivity (Wildman–Crippen MR) is 278 cm³/mol. The van der Waals surface area contributed by atoms with Crippen LogP contribution in [0.25, 0.3) is 0 Å². The van der Waals surface area contributed by atoms with Crippen LogP contribution in [0.3, 0.4) is 0 Å². The zero-order valence-electron chi connectivity index (χ0n) is 42.9. The Kier molecular flexibility index (Phi) is 30.1. The lowest BCUT2D eigenvalue weighted by molar-refractivity contribution is 0.314. The Labute approximate surface area is 388 Å². The first kappa shape index (κ1) is 56.8. The maximum Gasteiger partial charge on any atom is 0.207 e. The van der Waals surface area contributed by atoms with Crippen molar-refractivity contribution in [3.8, 4) is 23.0 Å². The second kappa shape index (κ2) is 33.3. The Morgan fingerprint density at radius 3 is 0.810 bits per heavy atom. The van der Waals surface area contributed by atoms with Gasteiger partial charge in [-0.15, -0.1) is 0 Å². The predicted octanol–water partition coefficient (Wildman–Crippen LogP) is 18.5. The van der Waals surface area contributed by atoms with Crippen LogP contribution in [0.5, 0.6) is 23.0 Å². The topological polar surface area (TPSA) is 58.9 Å². The van der Waals surface area contributed by atoms with Gasteiger partial charge >= 0.3 is 0 Å². The highest BCUT2D eigenvalue weighted by molar-refractivity contribution is 5.66. The van der Waals surface area contributed by atoms with E-state index in [4.69, 9.17) is 9.47 Å². The molecular weight excluding hydrogens is 773 g/mol. The van der Waals surface area contributed by atoms with Gasteiger partial charge in [0.2, 0.25) is 11.5 Å². The molecule has 0 heterocycles. The Hall–Kier alpha value is -4.18. The van der Waals surface area contributed by atoms with Gasteiger partial charge in [-0.05, 0) is 205 Å². The largest absolute Gasteiger partial charge is 0.504 e. The van der Waals surface area contributed by atoms with E-state index in [1.807, 2.05) is 0 Å². The van der Waals surface area contributed by atoms with Crippen LogP contribution in [0.4, 0.5) is 0 Å². The number of aromatic hydroxyl groups is 2. The highest BCUT2D eigenvalue weighted by Gasteiger charge is 2.22. The Morgan fingerprint density at radius 1 is 0.349 bits per heavy atom. The minimum atomic E-state index is 0.00634. The van der Waals surface area contributed by atoms with Gasteiger partial charge in [0.1, 0.15) is 0 Å². The van der Waals surface area contributed by atoms with Crippen LogP contribution < -0.4 is 9.47 Å². The molecule has 2 N–H and O–H groups in total. The summed E-state index contributed by atoms with van der Waals surface area (Å²) in [4.78, 5) is 0. The molecule has 0 aliphatic carbocycles. The number of allylic oxidation sites excluding steroid dienone is 20. The van der Waals surface area contributed by atoms with Gasteiger partial charge in [-0.25, -0.2) is 0 Å². The van der Waals surface area contributed by atoms with Crippen LogP contribution in [-0.4, -0.2) is 24.4 Å². The average Bonchev–Trinajstić information content (AvgIpc) is 3.21. The molecule has 0 fully saturated rings. The molecule has 0 aliphatic rings. The summed E-state index contributed by atoms with van der Waals surface area (Å²) in [6, 6.07) is 0. The molecule has 0 atom stereocenters. The standard InChI is InChI=1S/C59H92O4/c1-44(2)24-15-25-45(3)26-16-27-46(4)28-17-29-47(5)30-18-31-48(6)32-19-33-49(7)34-20-35-50(8)36-21-37-51(9)38-22-39-52(10)40-23-41-53(11)42-43-55-54(12)56(60)58(62-13)59(63-14)57(55)61/h24,26,28,30,32,34,36,38,40,42,60-61H,15-23,25,27,29,31,33,35,37,39,41,43H2,1-14H3/b45-26+,46-28-,47-30+,48-32+,49-34+,50-36+,51-38+,52-40+,53-42+. The molecule has 0 saturated heterocycles. The second-order valence-electron chi connectivity index (χ2n) is 18.7. The number of hydrogen-bond donors (Lipinski definition) is 2. The SMILES string of the molecule is COc1c(O)c(C)c(C/C=C(\C)CC/C=C(\C)CC/C=C(\C)CC/C=C(\C)CC/C=C(\C)CC/C=C(\C)CC/C=C(\C)CC/C=C(/C)CC/C=C(\C)CCC=C(C)C)c(O)c1OC. The van der Waals surface area contributed by atoms with Crippen molar-refractivity contribution in [3.05, 3.63) is 128 Å². The van der Waals surface area contributed by atoms with E-state index in [0.717, 1.165) is 96.3 Å². The number of hydrogen-bond acceptors (Lipinski definition) is 4. The molecule has 0 unspecified atom stereocenters. The lowest BCUT2D eigenvalue weighted by atomic mass is 9.99. The van der Waals surface area contributed by atoms with Crippen molar-refractivity contribution in [3.63, 3.8) is 0 Å². The average molecular weight is 865 g/mol. The van der Waals surface area contributed by atoms with Crippen molar-refractivity contribution in [2.24, 2.45) is 0 Å². The molecule has 1 aromatic carbocycles. The molecule has 0 saturated carbocycles. The summed E-state index contributed by atoms with van der Waals surface area (Å²) < 4.78 is 10.5. The summed E-state index contributed by atoms with van der Waals surface area (Å²) in [6.07, 6.45) is 44.6. The van der Waals surface area contributed by atoms with E-state index in [0.29, 0.717) is 17.5 Å². The highest BCUT2D eigenvalue weighted by atomic mass is 16.5. The number of ether oxygens (including phenoxy) is 2. The van der Waals surface area contributed by atoms with E-state index < -0.39 is 0 Å². The van der Waals surface area contributed by atoms with Gasteiger partial charge in [-0.1, -0.05) is 116 Å². The minimum Gasteiger partial charge on any atom is -0.504 e. The van der Waals surface area contributed by atoms with Crippen LogP contribution in [-0.2, 0) is 6.42 Å². The first-order chi connectivity index (χ1) is 30.0. The van der Waals surface area contributed by atoms with Crippen molar-refractivity contribution in [1.29, 1.82) is 0 Å². The van der Waals surface area contributed by atoms with E-state index in [-0.39, 0.29) is 23.0 Å². The number of phenols is 2. The molecular formula is C59H92O4. The molecule has 4 nitrogen and oxygen atoms in total. The normalized spacial score (nSPS) is 14.2. The molecule has 0 bridgehead atoms. The minimum absolute atomic E-state index is 0.00634. The van der Waals surface area contributed by atoms with E-state index in [1.165, 1.54) is 89.2 Å². The van der Waals surface area contributed by atoms with Crippen LogP contribution in [0.1, 0.15) is 203 Å². The molecule has 0 aromatic heterocycles. The van der Waals surface area contributed by atoms with E-state index in [9.17, 15) is 10.2 Å². The maximum absolute atomic E-state index is 10.7. The number of rotatable bonds is 31. The molecule has 63 heavy (non-hydrogen) atoms. The first-order valence-corrected chi connectivity index (χ1v) is 24.2. The van der Waals surface area contributed by atoms with Gasteiger partial charge in [-0.2, -0.15) is 0 Å². The third kappa shape index (κ3) is 26.3. The zero-order valence-corrected chi connectivity index (χ0v) is 42.9. The second-order valence-corrected chi connectivity index (χ2v) is 18.7. The zero-order chi connectivity index (χ0) is 47.2. The van der Waals surface area contributed by atoms with Crippen molar-refractivity contribution in [2.75, 3.05) is 14.2 Å². The fourth-order valence-electron chi connectivity index (χ4n) is 7.62. The fourth-order valence-corrected chi connectivity index (χ4v) is 7.62. The van der Waals surface area contributed by atoms with E-state index in [1.54, 1.807) is 6.92 Å². The Balaban J connectivity index is 2.32. The van der Waals surface area contributed by atoms with Gasteiger partial charge in [0.25, 0.3) is 0 Å². The summed E-state index contributed by atoms with van der Waals surface area (Å²) in [5, 5.41) is 21.3. The van der Waals surface area contributed by atoms with Gasteiger partial charge in [0.05, 0.1) is 14.2 Å². The highest BCUT2D eigenvalue weighted by Crippen LogP contribution is 2.48. The van der Waals surface area contributed by atoms with Crippen molar-refractivity contribution >= 4 is 0 Å². The number of phenolic OH excluding ortho intramolecular Hbond substituents is 2. The third-order valence-corrected chi connectivity index (χ3v) is 12.1. The van der Waals surface area contributed by atoms with Crippen LogP contribution >= 0.6 is 0 Å². The van der Waals surface area contributed by atoms with Crippen LogP contribution in [0.15, 0.2) is 116 Å². The van der Waals surface area contributed by atoms with Gasteiger partial charge in [-0.3, -0.25) is 0 Å². The summed E-state index contributed by atoms with van der Waals surface area (Å²) in [7, 11) is 2.91. The molecule has 352 valence electrons. The first-order valence-electron chi connectivity index (χ1n) is 24.2. The van der Waals surface area contributed by atoms with Crippen LogP contribution in [0.2, 0.25) is 0 Å². The van der Waals surface area contributed by atoms with Crippen molar-refractivity contribution in [1.82, 2.24) is 0 Å². The van der Waals surface area contributed by atoms with E-state index in [2.05, 4.69) is 137 Å². The Bertz CT molecular complexity index is 1840. The molecule has 1 aromatic rings. The lowest BCUT2D eigenvalue weighted by Gasteiger charge is -2.17. The van der Waals surface area contributed by atoms with Crippen molar-refractivity contribution in [2.45, 2.75) is 205 Å². The molecule has 0 aliphatic heterocycles. The summed E-state index contributed by atoms with van der Waals surface area (Å²) >= 11 is 0. The number of methoxy groups -OCH3 is 2. The third-order valence-electron chi connectivity index (χ3n) is 12.1. The molecule has 1 rings (SSSR count). The Morgan fingerprint density at radius 2 is 0.571 bits per heavy atom. The maximum atomic E-state index is 10.7. The van der Waals surface area contributed by atoms with Gasteiger partial charge in [0.15, 0.2) is 11.5 Å². The molecule has 0 radical (unpaired) electrons. The summed E-state index contributed by atoms with van der Waals surface area (Å²) in [6.45, 7) is 26.5. The monoisotopic (exact) mass is 865 g/mol. The summed E-state index contributed by atoms with van der Waals surface area (Å²) in [5.41, 5.74) is 15.9. The van der Waals surface area contributed by atoms with Crippen molar-refractivity contribution < 1.29 is 19.7 Å². The van der Waals surface area contributed by atoms with Crippen LogP contribution in [0, 0.1) is 6.92 Å². The van der Waals surface area contributed by atoms with Gasteiger partial charge < -0.3 is 19.7 Å². The molecule has 0 amide bonds. The number of benzene rings is 1. The smallest absolute Gasteiger partial charge is 0.207 e. The molecule has 0 spiro atoms.